The Bertz CT molecular complexity index is 894. The van der Waals surface area contributed by atoms with Crippen molar-refractivity contribution < 1.29 is 18.9 Å². The van der Waals surface area contributed by atoms with Crippen molar-refractivity contribution in [2.75, 3.05) is 25.0 Å². The van der Waals surface area contributed by atoms with Crippen molar-refractivity contribution >= 4 is 23.3 Å². The Kier molecular flexibility index (Phi) is 6.95. The minimum Gasteiger partial charge on any atom is -0.356 e. The summed E-state index contributed by atoms with van der Waals surface area (Å²) >= 11 is 0. The number of nitrogens with zero attached hydrogens (tertiary/aromatic N) is 2. The van der Waals surface area contributed by atoms with Crippen molar-refractivity contribution in [3.8, 4) is 0 Å². The number of nitrogens with one attached hydrogen (secondary N) is 2. The molecule has 3 amide bonds. The number of benzene rings is 2. The molecular formula is C21H23FN4O4. The first-order chi connectivity index (χ1) is 14.4. The van der Waals surface area contributed by atoms with E-state index < -0.39 is 4.92 Å². The van der Waals surface area contributed by atoms with Gasteiger partial charge in [-0.3, -0.25) is 14.9 Å². The van der Waals surface area contributed by atoms with E-state index in [2.05, 4.69) is 10.6 Å². The number of rotatable bonds is 6. The van der Waals surface area contributed by atoms with Crippen LogP contribution in [-0.2, 0) is 11.2 Å². The van der Waals surface area contributed by atoms with Gasteiger partial charge in [0, 0.05) is 37.5 Å². The van der Waals surface area contributed by atoms with Gasteiger partial charge in [-0.15, -0.1) is 0 Å². The lowest BCUT2D eigenvalue weighted by atomic mass is 9.97. The highest BCUT2D eigenvalue weighted by Crippen LogP contribution is 2.18. The molecule has 0 aromatic heterocycles. The van der Waals surface area contributed by atoms with E-state index in [1.807, 2.05) is 0 Å². The lowest BCUT2D eigenvalue weighted by Crippen LogP contribution is -2.43. The van der Waals surface area contributed by atoms with E-state index in [-0.39, 0.29) is 35.8 Å². The number of anilines is 1. The minimum atomic E-state index is -0.476. The molecule has 0 bridgehead atoms. The van der Waals surface area contributed by atoms with E-state index in [1.54, 1.807) is 17.0 Å². The average molecular weight is 414 g/mol. The second-order valence-electron chi connectivity index (χ2n) is 7.27. The standard InChI is InChI=1S/C21H23FN4O4/c22-17-3-5-18(6-4-17)24-21(28)25-11-9-16(10-12-25)14-23-20(27)13-15-1-7-19(8-2-15)26(29)30/h1-8,16H,9-14H2,(H,23,27)(H,24,28). The van der Waals surface area contributed by atoms with Gasteiger partial charge < -0.3 is 15.5 Å². The summed E-state index contributed by atoms with van der Waals surface area (Å²) in [6.45, 7) is 1.69. The molecule has 0 atom stereocenters. The molecule has 1 aliphatic rings. The van der Waals surface area contributed by atoms with Gasteiger partial charge >= 0.3 is 6.03 Å². The number of halogens is 1. The molecule has 9 heteroatoms. The Morgan fingerprint density at radius 1 is 1.07 bits per heavy atom. The van der Waals surface area contributed by atoms with Crippen molar-refractivity contribution in [2.45, 2.75) is 19.3 Å². The number of hydrogen-bond acceptors (Lipinski definition) is 4. The van der Waals surface area contributed by atoms with Crippen LogP contribution in [0.2, 0.25) is 0 Å². The van der Waals surface area contributed by atoms with E-state index in [0.29, 0.717) is 30.9 Å². The number of carbonyl (C=O) groups is 2. The predicted molar refractivity (Wildman–Crippen MR) is 110 cm³/mol. The number of piperidine rings is 1. The molecule has 0 aliphatic carbocycles. The quantitative estimate of drug-likeness (QED) is 0.559. The molecule has 158 valence electrons. The van der Waals surface area contributed by atoms with Crippen molar-refractivity contribution in [2.24, 2.45) is 5.92 Å². The molecule has 2 aromatic rings. The number of non-ortho nitro benzene ring substituents is 1. The molecule has 2 N–H and O–H groups in total. The molecule has 0 saturated carbocycles. The smallest absolute Gasteiger partial charge is 0.321 e. The molecule has 1 fully saturated rings. The van der Waals surface area contributed by atoms with Crippen LogP contribution in [0.4, 0.5) is 20.6 Å². The zero-order valence-electron chi connectivity index (χ0n) is 16.3. The second-order valence-corrected chi connectivity index (χ2v) is 7.27. The maximum atomic E-state index is 12.9. The fourth-order valence-electron chi connectivity index (χ4n) is 3.32. The van der Waals surface area contributed by atoms with Crippen LogP contribution in [0.3, 0.4) is 0 Å². The molecule has 0 unspecified atom stereocenters. The summed E-state index contributed by atoms with van der Waals surface area (Å²) in [6, 6.07) is 11.3. The van der Waals surface area contributed by atoms with Crippen molar-refractivity contribution in [1.82, 2.24) is 10.2 Å². The highest BCUT2D eigenvalue weighted by molar-refractivity contribution is 5.89. The highest BCUT2D eigenvalue weighted by atomic mass is 19.1. The summed E-state index contributed by atoms with van der Waals surface area (Å²) in [6.07, 6.45) is 1.71. The molecule has 2 aromatic carbocycles. The lowest BCUT2D eigenvalue weighted by Gasteiger charge is -2.32. The van der Waals surface area contributed by atoms with E-state index >= 15 is 0 Å². The first-order valence-corrected chi connectivity index (χ1v) is 9.72. The van der Waals surface area contributed by atoms with Gasteiger partial charge in [0.2, 0.25) is 5.91 Å². The molecule has 30 heavy (non-hydrogen) atoms. The van der Waals surface area contributed by atoms with Crippen LogP contribution < -0.4 is 10.6 Å². The molecule has 1 heterocycles. The van der Waals surface area contributed by atoms with Gasteiger partial charge in [0.05, 0.1) is 11.3 Å². The van der Waals surface area contributed by atoms with Gasteiger partial charge in [0.25, 0.3) is 5.69 Å². The van der Waals surface area contributed by atoms with E-state index in [4.69, 9.17) is 0 Å². The van der Waals surface area contributed by atoms with Crippen LogP contribution in [0.25, 0.3) is 0 Å². The number of carbonyl (C=O) groups excluding carboxylic acids is 2. The molecule has 0 spiro atoms. The number of nitro groups is 1. The predicted octanol–water partition coefficient (Wildman–Crippen LogP) is 3.34. The summed E-state index contributed by atoms with van der Waals surface area (Å²) in [4.78, 5) is 36.3. The Labute approximate surface area is 173 Å². The Balaban J connectivity index is 1.37. The van der Waals surface area contributed by atoms with E-state index in [9.17, 15) is 24.1 Å². The number of amides is 3. The molecular weight excluding hydrogens is 391 g/mol. The number of hydrogen-bond donors (Lipinski definition) is 2. The summed E-state index contributed by atoms with van der Waals surface area (Å²) in [5, 5.41) is 16.3. The molecule has 0 radical (unpaired) electrons. The summed E-state index contributed by atoms with van der Waals surface area (Å²) in [5.41, 5.74) is 1.25. The molecule has 1 aliphatic heterocycles. The molecule has 8 nitrogen and oxygen atoms in total. The molecule has 1 saturated heterocycles. The van der Waals surface area contributed by atoms with Crippen molar-refractivity contribution in [1.29, 1.82) is 0 Å². The highest BCUT2D eigenvalue weighted by Gasteiger charge is 2.23. The Morgan fingerprint density at radius 3 is 2.30 bits per heavy atom. The zero-order chi connectivity index (χ0) is 21.5. The van der Waals surface area contributed by atoms with Gasteiger partial charge in [-0.25, -0.2) is 9.18 Å². The largest absolute Gasteiger partial charge is 0.356 e. The van der Waals surface area contributed by atoms with Crippen LogP contribution in [-0.4, -0.2) is 41.4 Å². The summed E-state index contributed by atoms with van der Waals surface area (Å²) in [7, 11) is 0. The maximum Gasteiger partial charge on any atom is 0.321 e. The fourth-order valence-corrected chi connectivity index (χ4v) is 3.32. The number of likely N-dealkylation sites (tertiary alicyclic amines) is 1. The van der Waals surface area contributed by atoms with Crippen LogP contribution in [0.15, 0.2) is 48.5 Å². The third-order valence-electron chi connectivity index (χ3n) is 5.10. The van der Waals surface area contributed by atoms with Crippen LogP contribution in [0.5, 0.6) is 0 Å². The third kappa shape index (κ3) is 6.00. The summed E-state index contributed by atoms with van der Waals surface area (Å²) < 4.78 is 12.9. The van der Waals surface area contributed by atoms with Gasteiger partial charge in [-0.05, 0) is 48.6 Å². The maximum absolute atomic E-state index is 12.9. The topological polar surface area (TPSA) is 105 Å². The average Bonchev–Trinajstić information content (AvgIpc) is 2.74. The zero-order valence-corrected chi connectivity index (χ0v) is 16.3. The van der Waals surface area contributed by atoms with Crippen LogP contribution >= 0.6 is 0 Å². The second kappa shape index (κ2) is 9.82. The normalized spacial score (nSPS) is 14.2. The van der Waals surface area contributed by atoms with Crippen LogP contribution in [0.1, 0.15) is 18.4 Å². The lowest BCUT2D eigenvalue weighted by molar-refractivity contribution is -0.384. The fraction of sp³-hybridized carbons (Fsp3) is 0.333. The van der Waals surface area contributed by atoms with Gasteiger partial charge in [0.15, 0.2) is 0 Å². The first kappa shape index (κ1) is 21.2. The first-order valence-electron chi connectivity index (χ1n) is 9.72. The summed E-state index contributed by atoms with van der Waals surface area (Å²) in [5.74, 6) is -0.217. The Hall–Kier alpha value is -3.49. The van der Waals surface area contributed by atoms with Crippen LogP contribution in [0, 0.1) is 21.8 Å². The monoisotopic (exact) mass is 414 g/mol. The van der Waals surface area contributed by atoms with E-state index in [1.165, 1.54) is 36.4 Å². The Morgan fingerprint density at radius 2 is 1.70 bits per heavy atom. The minimum absolute atomic E-state index is 0.00520. The van der Waals surface area contributed by atoms with Gasteiger partial charge in [0.1, 0.15) is 5.82 Å². The SMILES string of the molecule is O=C(Cc1ccc([N+](=O)[O-])cc1)NCC1CCN(C(=O)Nc2ccc(F)cc2)CC1. The number of nitro benzene ring substituents is 1. The van der Waals surface area contributed by atoms with Crippen molar-refractivity contribution in [3.63, 3.8) is 0 Å². The number of urea groups is 1. The third-order valence-corrected chi connectivity index (χ3v) is 5.10. The van der Waals surface area contributed by atoms with Crippen molar-refractivity contribution in [3.05, 3.63) is 70.0 Å². The van der Waals surface area contributed by atoms with Gasteiger partial charge in [-0.2, -0.15) is 0 Å². The van der Waals surface area contributed by atoms with E-state index in [0.717, 1.165) is 12.8 Å². The molecule has 3 rings (SSSR count). The van der Waals surface area contributed by atoms with Gasteiger partial charge in [-0.1, -0.05) is 12.1 Å².